The lowest BCUT2D eigenvalue weighted by molar-refractivity contribution is -0.124. The van der Waals surface area contributed by atoms with Crippen molar-refractivity contribution in [2.45, 2.75) is 12.8 Å². The van der Waals surface area contributed by atoms with Crippen LogP contribution in [0.4, 0.5) is 5.69 Å². The molecule has 2 amide bonds. The number of carbonyl (C=O) groups is 2. The van der Waals surface area contributed by atoms with Crippen LogP contribution in [0.1, 0.15) is 18.4 Å². The zero-order valence-electron chi connectivity index (χ0n) is 12.6. The van der Waals surface area contributed by atoms with E-state index in [1.807, 2.05) is 36.4 Å². The van der Waals surface area contributed by atoms with Gasteiger partial charge >= 0.3 is 0 Å². The maximum Gasteiger partial charge on any atom is 0.240 e. The van der Waals surface area contributed by atoms with Gasteiger partial charge in [-0.05, 0) is 52.9 Å². The molecule has 0 heterocycles. The summed E-state index contributed by atoms with van der Waals surface area (Å²) in [5.41, 5.74) is 3.79. The molecule has 0 atom stereocenters. The number of halogens is 2. The number of nitrogens with one attached hydrogen (secondary N) is 2. The van der Waals surface area contributed by atoms with Crippen LogP contribution in [0, 0.1) is 3.57 Å². The van der Waals surface area contributed by atoms with Gasteiger partial charge in [0.25, 0.3) is 0 Å². The molecule has 0 aliphatic rings. The molecular formula is C17H15ClIN3O2. The molecule has 0 fully saturated rings. The van der Waals surface area contributed by atoms with Gasteiger partial charge in [-0.2, -0.15) is 5.10 Å². The monoisotopic (exact) mass is 455 g/mol. The van der Waals surface area contributed by atoms with E-state index in [9.17, 15) is 9.59 Å². The van der Waals surface area contributed by atoms with Crippen molar-refractivity contribution < 1.29 is 9.59 Å². The Morgan fingerprint density at radius 1 is 1.04 bits per heavy atom. The van der Waals surface area contributed by atoms with E-state index in [0.717, 1.165) is 3.57 Å². The molecule has 0 saturated heterocycles. The summed E-state index contributed by atoms with van der Waals surface area (Å²) in [7, 11) is 0. The van der Waals surface area contributed by atoms with Gasteiger partial charge in [0, 0.05) is 32.7 Å². The van der Waals surface area contributed by atoms with Gasteiger partial charge in [-0.25, -0.2) is 5.43 Å². The fraction of sp³-hybridized carbons (Fsp3) is 0.118. The summed E-state index contributed by atoms with van der Waals surface area (Å²) < 4.78 is 1.08. The highest BCUT2D eigenvalue weighted by molar-refractivity contribution is 14.1. The van der Waals surface area contributed by atoms with Gasteiger partial charge in [-0.1, -0.05) is 29.8 Å². The summed E-state index contributed by atoms with van der Waals surface area (Å²) in [5, 5.41) is 7.12. The first-order chi connectivity index (χ1) is 11.5. The predicted molar refractivity (Wildman–Crippen MR) is 104 cm³/mol. The lowest BCUT2D eigenvalue weighted by atomic mass is 10.2. The Bertz CT molecular complexity index is 748. The smallest absolute Gasteiger partial charge is 0.240 e. The molecule has 2 aromatic carbocycles. The number of hydrogen-bond acceptors (Lipinski definition) is 3. The number of benzene rings is 2. The van der Waals surface area contributed by atoms with Crippen molar-refractivity contribution in [1.29, 1.82) is 0 Å². The second kappa shape index (κ2) is 9.39. The van der Waals surface area contributed by atoms with Gasteiger partial charge < -0.3 is 5.32 Å². The molecule has 2 N–H and O–H groups in total. The fourth-order valence-electron chi connectivity index (χ4n) is 1.79. The molecule has 0 spiro atoms. The van der Waals surface area contributed by atoms with Crippen molar-refractivity contribution in [3.05, 3.63) is 62.7 Å². The van der Waals surface area contributed by atoms with Crippen molar-refractivity contribution in [2.24, 2.45) is 5.10 Å². The van der Waals surface area contributed by atoms with Crippen LogP contribution < -0.4 is 10.7 Å². The van der Waals surface area contributed by atoms with Gasteiger partial charge in [0.05, 0.1) is 6.21 Å². The standard InChI is InChI=1S/C17H15ClIN3O2/c18-15-4-2-1-3-12(15)11-20-22-17(24)10-9-16(23)21-14-7-5-13(19)6-8-14/h1-8,11H,9-10H2,(H,21,23)(H,22,24). The third-order valence-electron chi connectivity index (χ3n) is 3.01. The Hall–Kier alpha value is -1.93. The molecule has 2 aromatic rings. The zero-order chi connectivity index (χ0) is 17.4. The van der Waals surface area contributed by atoms with Gasteiger partial charge in [0.15, 0.2) is 0 Å². The van der Waals surface area contributed by atoms with Crippen LogP contribution >= 0.6 is 34.2 Å². The van der Waals surface area contributed by atoms with E-state index in [1.165, 1.54) is 6.21 Å². The van der Waals surface area contributed by atoms with E-state index in [1.54, 1.807) is 12.1 Å². The van der Waals surface area contributed by atoms with E-state index < -0.39 is 0 Å². The molecule has 0 unspecified atom stereocenters. The van der Waals surface area contributed by atoms with Crippen LogP contribution in [-0.4, -0.2) is 18.0 Å². The first kappa shape index (κ1) is 18.4. The van der Waals surface area contributed by atoms with Crippen LogP contribution in [0.25, 0.3) is 0 Å². The van der Waals surface area contributed by atoms with Crippen LogP contribution in [0.3, 0.4) is 0 Å². The van der Waals surface area contributed by atoms with Gasteiger partial charge in [-0.15, -0.1) is 0 Å². The Labute approximate surface area is 158 Å². The maximum absolute atomic E-state index is 11.8. The minimum absolute atomic E-state index is 0.0516. The van der Waals surface area contributed by atoms with E-state index >= 15 is 0 Å². The van der Waals surface area contributed by atoms with Crippen molar-refractivity contribution in [3.8, 4) is 0 Å². The Morgan fingerprint density at radius 3 is 2.42 bits per heavy atom. The van der Waals surface area contributed by atoms with Crippen LogP contribution in [-0.2, 0) is 9.59 Å². The third-order valence-corrected chi connectivity index (χ3v) is 4.07. The first-order valence-corrected chi connectivity index (χ1v) is 8.62. The van der Waals surface area contributed by atoms with E-state index in [-0.39, 0.29) is 24.7 Å². The van der Waals surface area contributed by atoms with Crippen LogP contribution in [0.5, 0.6) is 0 Å². The van der Waals surface area contributed by atoms with E-state index in [2.05, 4.69) is 38.4 Å². The molecule has 2 rings (SSSR count). The molecule has 0 aromatic heterocycles. The number of hydrogen-bond donors (Lipinski definition) is 2. The summed E-state index contributed by atoms with van der Waals surface area (Å²) in [6.07, 6.45) is 1.60. The SMILES string of the molecule is O=C(CCC(=O)Nc1ccc(I)cc1)NN=Cc1ccccc1Cl. The average Bonchev–Trinajstić information content (AvgIpc) is 2.57. The van der Waals surface area contributed by atoms with Crippen LogP contribution in [0.2, 0.25) is 5.02 Å². The number of nitrogens with zero attached hydrogens (tertiary/aromatic N) is 1. The molecule has 0 bridgehead atoms. The highest BCUT2D eigenvalue weighted by atomic mass is 127. The molecule has 0 saturated carbocycles. The lowest BCUT2D eigenvalue weighted by Gasteiger charge is -2.05. The Kier molecular flexibility index (Phi) is 7.20. The van der Waals surface area contributed by atoms with Crippen molar-refractivity contribution >= 4 is 57.9 Å². The van der Waals surface area contributed by atoms with Crippen LogP contribution in [0.15, 0.2) is 53.6 Å². The molecule has 0 radical (unpaired) electrons. The van der Waals surface area contributed by atoms with Gasteiger partial charge in [-0.3, -0.25) is 9.59 Å². The maximum atomic E-state index is 11.8. The van der Waals surface area contributed by atoms with Crippen molar-refractivity contribution in [1.82, 2.24) is 5.43 Å². The molecule has 5 nitrogen and oxygen atoms in total. The summed E-state index contributed by atoms with van der Waals surface area (Å²) in [6, 6.07) is 14.6. The zero-order valence-corrected chi connectivity index (χ0v) is 15.5. The number of amides is 2. The lowest BCUT2D eigenvalue weighted by Crippen LogP contribution is -2.20. The highest BCUT2D eigenvalue weighted by Crippen LogP contribution is 2.12. The number of hydrazone groups is 1. The number of carbonyl (C=O) groups excluding carboxylic acids is 2. The molecule has 0 aliphatic heterocycles. The van der Waals surface area contributed by atoms with Gasteiger partial charge in [0.1, 0.15) is 0 Å². The van der Waals surface area contributed by atoms with E-state index in [0.29, 0.717) is 16.3 Å². The largest absolute Gasteiger partial charge is 0.326 e. The van der Waals surface area contributed by atoms with Gasteiger partial charge in [0.2, 0.25) is 11.8 Å². The van der Waals surface area contributed by atoms with Crippen molar-refractivity contribution in [2.75, 3.05) is 5.32 Å². The number of anilines is 1. The first-order valence-electron chi connectivity index (χ1n) is 7.16. The summed E-state index contributed by atoms with van der Waals surface area (Å²) in [6.45, 7) is 0. The molecule has 24 heavy (non-hydrogen) atoms. The average molecular weight is 456 g/mol. The normalized spacial score (nSPS) is 10.6. The Morgan fingerprint density at radius 2 is 1.71 bits per heavy atom. The predicted octanol–water partition coefficient (Wildman–Crippen LogP) is 3.81. The fourth-order valence-corrected chi connectivity index (χ4v) is 2.34. The minimum atomic E-state index is -0.337. The molecule has 124 valence electrons. The number of rotatable bonds is 6. The quantitative estimate of drug-likeness (QED) is 0.395. The Balaban J connectivity index is 1.73. The molecular weight excluding hydrogens is 441 g/mol. The summed E-state index contributed by atoms with van der Waals surface area (Å²) in [5.74, 6) is -0.558. The summed E-state index contributed by atoms with van der Waals surface area (Å²) in [4.78, 5) is 23.5. The molecule has 0 aliphatic carbocycles. The van der Waals surface area contributed by atoms with Crippen molar-refractivity contribution in [3.63, 3.8) is 0 Å². The topological polar surface area (TPSA) is 70.6 Å². The second-order valence-electron chi connectivity index (χ2n) is 4.87. The highest BCUT2D eigenvalue weighted by Gasteiger charge is 2.06. The van der Waals surface area contributed by atoms with E-state index in [4.69, 9.17) is 11.6 Å². The summed E-state index contributed by atoms with van der Waals surface area (Å²) >= 11 is 8.16. The second-order valence-corrected chi connectivity index (χ2v) is 6.52. The third kappa shape index (κ3) is 6.29. The minimum Gasteiger partial charge on any atom is -0.326 e. The molecule has 7 heteroatoms.